The normalized spacial score (nSPS) is 31.8. The predicted octanol–water partition coefficient (Wildman–Crippen LogP) is 2.71. The molecule has 10 nitrogen and oxygen atoms in total. The van der Waals surface area contributed by atoms with Crippen LogP contribution in [0.3, 0.4) is 0 Å². The van der Waals surface area contributed by atoms with Crippen LogP contribution in [-0.2, 0) is 29.3 Å². The number of rotatable bonds is 5. The zero-order chi connectivity index (χ0) is 24.1. The van der Waals surface area contributed by atoms with Gasteiger partial charge in [0.1, 0.15) is 42.8 Å². The van der Waals surface area contributed by atoms with Gasteiger partial charge in [0, 0.05) is 0 Å². The van der Waals surface area contributed by atoms with Crippen LogP contribution in [0.4, 0.5) is 5.82 Å². The van der Waals surface area contributed by atoms with Crippen molar-refractivity contribution >= 4 is 17.3 Å². The van der Waals surface area contributed by atoms with E-state index in [2.05, 4.69) is 16.2 Å². The standard InChI is InChI=1S/C24H31N5O5/c1-14(15-7-5-4-6-8-15)22(30)31-11-17-19-20(34-23(2,3)33-19)24(12-25,32-17)18-10-9-16-21(26)27-13-28-29(16)18/h9-10,13-15,17,19-20H,4-8,11H2,1-3H3,(H2,26,27,28)/t14-,17+,19+,20+,24-/m0/s1. The van der Waals surface area contributed by atoms with Gasteiger partial charge in [-0.3, -0.25) is 4.79 Å². The zero-order valence-electron chi connectivity index (χ0n) is 19.8. The number of ether oxygens (including phenoxy) is 4. The van der Waals surface area contributed by atoms with Crippen molar-refractivity contribution in [3.05, 3.63) is 24.2 Å². The average molecular weight is 470 g/mol. The van der Waals surface area contributed by atoms with E-state index in [1.807, 2.05) is 6.92 Å². The van der Waals surface area contributed by atoms with Gasteiger partial charge in [-0.1, -0.05) is 26.2 Å². The summed E-state index contributed by atoms with van der Waals surface area (Å²) in [6.45, 7) is 5.49. The van der Waals surface area contributed by atoms with Crippen molar-refractivity contribution in [3.63, 3.8) is 0 Å². The van der Waals surface area contributed by atoms with E-state index in [0.717, 1.165) is 25.7 Å². The molecule has 0 spiro atoms. The molecular formula is C24H31N5O5. The molecule has 3 fully saturated rings. The third-order valence-electron chi connectivity index (χ3n) is 7.38. The van der Waals surface area contributed by atoms with E-state index in [1.165, 1.54) is 17.3 Å². The number of nitrogen functional groups attached to an aromatic ring is 1. The Hall–Kier alpha value is -2.74. The summed E-state index contributed by atoms with van der Waals surface area (Å²) >= 11 is 0. The van der Waals surface area contributed by atoms with Crippen molar-refractivity contribution in [2.75, 3.05) is 12.3 Å². The van der Waals surface area contributed by atoms with Gasteiger partial charge >= 0.3 is 5.97 Å². The monoisotopic (exact) mass is 469 g/mol. The van der Waals surface area contributed by atoms with Gasteiger partial charge < -0.3 is 24.7 Å². The van der Waals surface area contributed by atoms with E-state index in [9.17, 15) is 10.1 Å². The highest BCUT2D eigenvalue weighted by Gasteiger charge is 2.65. The molecule has 1 saturated carbocycles. The van der Waals surface area contributed by atoms with Gasteiger partial charge in [0.15, 0.2) is 11.6 Å². The molecule has 10 heteroatoms. The largest absolute Gasteiger partial charge is 0.463 e. The number of carbonyl (C=O) groups excluding carboxylic acids is 1. The lowest BCUT2D eigenvalue weighted by Crippen LogP contribution is -2.40. The number of carbonyl (C=O) groups is 1. The minimum absolute atomic E-state index is 0.0274. The van der Waals surface area contributed by atoms with Crippen LogP contribution in [0.25, 0.3) is 5.52 Å². The molecule has 5 atom stereocenters. The Morgan fingerprint density at radius 2 is 2.06 bits per heavy atom. The summed E-state index contributed by atoms with van der Waals surface area (Å²) in [6.07, 6.45) is 4.93. The van der Waals surface area contributed by atoms with Crippen molar-refractivity contribution in [3.8, 4) is 6.07 Å². The molecule has 5 rings (SSSR count). The lowest BCUT2D eigenvalue weighted by molar-refractivity contribution is -0.207. The SMILES string of the molecule is C[C@H](C(=O)OC[C@H]1O[C@@](C#N)(c2ccc3c(N)ncnn23)[C@@H]2OC(C)(C)O[C@@H]21)C1CCCCC1. The van der Waals surface area contributed by atoms with Crippen molar-refractivity contribution in [1.29, 1.82) is 5.26 Å². The lowest BCUT2D eigenvalue weighted by Gasteiger charge is -2.29. The van der Waals surface area contributed by atoms with Gasteiger partial charge in [-0.15, -0.1) is 0 Å². The van der Waals surface area contributed by atoms with Crippen molar-refractivity contribution in [1.82, 2.24) is 14.6 Å². The zero-order valence-corrected chi connectivity index (χ0v) is 19.8. The molecule has 3 aliphatic rings. The minimum atomic E-state index is -1.53. The molecule has 0 amide bonds. The summed E-state index contributed by atoms with van der Waals surface area (Å²) in [4.78, 5) is 16.9. The fourth-order valence-corrected chi connectivity index (χ4v) is 5.59. The molecule has 0 radical (unpaired) electrons. The van der Waals surface area contributed by atoms with Crippen LogP contribution in [-0.4, -0.2) is 51.3 Å². The topological polar surface area (TPSA) is 134 Å². The summed E-state index contributed by atoms with van der Waals surface area (Å²) < 4.78 is 25.9. The molecule has 0 bridgehead atoms. The molecule has 2 saturated heterocycles. The lowest BCUT2D eigenvalue weighted by atomic mass is 9.81. The summed E-state index contributed by atoms with van der Waals surface area (Å²) in [5, 5.41) is 14.7. The van der Waals surface area contributed by atoms with Gasteiger partial charge in [-0.25, -0.2) is 9.50 Å². The van der Waals surface area contributed by atoms with E-state index in [-0.39, 0.29) is 24.3 Å². The first-order valence-corrected chi connectivity index (χ1v) is 12.0. The summed E-state index contributed by atoms with van der Waals surface area (Å²) in [5.74, 6) is -0.716. The van der Waals surface area contributed by atoms with Crippen molar-refractivity contribution in [2.45, 2.75) is 82.6 Å². The second kappa shape index (κ2) is 8.48. The quantitative estimate of drug-likeness (QED) is 0.656. The highest BCUT2D eigenvalue weighted by molar-refractivity contribution is 5.72. The molecule has 2 aliphatic heterocycles. The number of hydrogen-bond donors (Lipinski definition) is 1. The minimum Gasteiger partial charge on any atom is -0.463 e. The maximum atomic E-state index is 12.8. The maximum Gasteiger partial charge on any atom is 0.309 e. The summed E-state index contributed by atoms with van der Waals surface area (Å²) in [5.41, 5.74) is 5.48. The van der Waals surface area contributed by atoms with Crippen molar-refractivity contribution < 1.29 is 23.7 Å². The van der Waals surface area contributed by atoms with E-state index in [4.69, 9.17) is 24.7 Å². The Balaban J connectivity index is 1.41. The highest BCUT2D eigenvalue weighted by Crippen LogP contribution is 2.49. The van der Waals surface area contributed by atoms with E-state index in [1.54, 1.807) is 26.0 Å². The fraction of sp³-hybridized carbons (Fsp3) is 0.667. The molecule has 4 heterocycles. The van der Waals surface area contributed by atoms with E-state index >= 15 is 0 Å². The second-order valence-electron chi connectivity index (χ2n) is 10.0. The first-order valence-electron chi connectivity index (χ1n) is 12.0. The highest BCUT2D eigenvalue weighted by atomic mass is 16.8. The van der Waals surface area contributed by atoms with Crippen LogP contribution in [0, 0.1) is 23.2 Å². The number of anilines is 1. The van der Waals surface area contributed by atoms with Gasteiger partial charge in [0.05, 0.1) is 11.6 Å². The number of aromatic nitrogens is 3. The van der Waals surface area contributed by atoms with Crippen LogP contribution >= 0.6 is 0 Å². The maximum absolute atomic E-state index is 12.8. The Kier molecular flexibility index (Phi) is 5.74. The number of nitrogens with two attached hydrogens (primary N) is 1. The first-order chi connectivity index (χ1) is 16.3. The molecular weight excluding hydrogens is 438 g/mol. The Bertz CT molecular complexity index is 1120. The van der Waals surface area contributed by atoms with Crippen LogP contribution in [0.1, 0.15) is 58.6 Å². The molecule has 1 aliphatic carbocycles. The molecule has 2 aromatic rings. The Morgan fingerprint density at radius 1 is 1.29 bits per heavy atom. The molecule has 0 unspecified atom stereocenters. The number of fused-ring (bicyclic) bond motifs is 2. The van der Waals surface area contributed by atoms with Gasteiger partial charge in [-0.2, -0.15) is 10.4 Å². The van der Waals surface area contributed by atoms with Gasteiger partial charge in [-0.05, 0) is 44.7 Å². The first kappa shape index (κ1) is 23.0. The number of hydrogen-bond acceptors (Lipinski definition) is 9. The molecule has 2 aromatic heterocycles. The number of nitriles is 1. The van der Waals surface area contributed by atoms with E-state index < -0.39 is 29.7 Å². The van der Waals surface area contributed by atoms with E-state index in [0.29, 0.717) is 17.1 Å². The molecule has 182 valence electrons. The molecule has 34 heavy (non-hydrogen) atoms. The number of nitrogens with zero attached hydrogens (tertiary/aromatic N) is 4. The van der Waals surface area contributed by atoms with Crippen LogP contribution in [0.5, 0.6) is 0 Å². The summed E-state index contributed by atoms with van der Waals surface area (Å²) in [7, 11) is 0. The Labute approximate surface area is 198 Å². The predicted molar refractivity (Wildman–Crippen MR) is 120 cm³/mol. The molecule has 0 aromatic carbocycles. The molecule has 2 N–H and O–H groups in total. The van der Waals surface area contributed by atoms with Crippen LogP contribution < -0.4 is 5.73 Å². The van der Waals surface area contributed by atoms with Gasteiger partial charge in [0.2, 0.25) is 5.60 Å². The third-order valence-corrected chi connectivity index (χ3v) is 7.38. The van der Waals surface area contributed by atoms with Gasteiger partial charge in [0.25, 0.3) is 0 Å². The van der Waals surface area contributed by atoms with Crippen LogP contribution in [0.15, 0.2) is 18.5 Å². The third kappa shape index (κ3) is 3.72. The average Bonchev–Trinajstić information content (AvgIpc) is 3.48. The second-order valence-corrected chi connectivity index (χ2v) is 10.0. The fourth-order valence-electron chi connectivity index (χ4n) is 5.59. The smallest absolute Gasteiger partial charge is 0.309 e. The van der Waals surface area contributed by atoms with Crippen LogP contribution in [0.2, 0.25) is 0 Å². The summed E-state index contributed by atoms with van der Waals surface area (Å²) in [6, 6.07) is 5.77. The van der Waals surface area contributed by atoms with Crippen molar-refractivity contribution in [2.24, 2.45) is 11.8 Å². The Morgan fingerprint density at radius 3 is 2.79 bits per heavy atom. The number of esters is 1.